The Balaban J connectivity index is 0.977. The molecule has 1 aromatic heterocycles. The summed E-state index contributed by atoms with van der Waals surface area (Å²) >= 11 is 0. The number of hydrogen-bond acceptors (Lipinski definition) is 23. The number of benzene rings is 3. The molecule has 125 heavy (non-hydrogen) atoms. The maximum absolute atomic E-state index is 14.9. The summed E-state index contributed by atoms with van der Waals surface area (Å²) in [5, 5.41) is 36.2. The molecular formula is C89H143N15O21. The molecule has 0 saturated carbocycles. The molecule has 4 aromatic rings. The molecule has 12 amide bonds. The molecular weight excluding hydrogens is 1620 g/mol. The molecule has 3 aromatic carbocycles. The third-order valence-electron chi connectivity index (χ3n) is 22.1. The number of methoxy groups -OCH3 is 2. The van der Waals surface area contributed by atoms with Gasteiger partial charge in [-0.3, -0.25) is 53.5 Å². The van der Waals surface area contributed by atoms with Gasteiger partial charge in [0.1, 0.15) is 30.8 Å². The number of aliphatic hydroxyl groups excluding tert-OH is 1. The number of urea groups is 1. The highest BCUT2D eigenvalue weighted by Gasteiger charge is 2.44. The molecule has 0 unspecified atom stereocenters. The van der Waals surface area contributed by atoms with Gasteiger partial charge >= 0.3 is 12.1 Å². The predicted octanol–water partition coefficient (Wildman–Crippen LogP) is 4.92. The number of hydrazine groups is 1. The number of anilines is 1. The van der Waals surface area contributed by atoms with Crippen LogP contribution < -0.4 is 53.7 Å². The number of rotatable bonds is 61. The highest BCUT2D eigenvalue weighted by atomic mass is 16.6. The molecule has 1 aliphatic heterocycles. The molecule has 36 heteroatoms. The SMILES string of the molecule is CC[C@@H](C)[C@@H]([C@@H](CC(=O)N1CCC[C@H]1[C@H](OC)[C@@H](C)C(=O)N[C@H](C)[C@@H](O)c1ccccc1)OC)N(C)C(=O)[C@@H](NC(=O)[C@H](C(C)C)N(C)C(=O)OCc1ccc(NC(=O)[C@H](CCCNC(N)=O)NC(=O)[C@@H](NC(=O)CCOCCOCCOCCOCCOCCOCCNC(=O)CNC(=O)CCn2c(CN(C)NC)cc3ccccc32)C(C)C)cc1)C(C)C. The van der Waals surface area contributed by atoms with E-state index in [1.165, 1.54) is 26.2 Å². The quantitative estimate of drug-likeness (QED) is 0.0206. The molecule has 36 nitrogen and oxygen atoms in total. The van der Waals surface area contributed by atoms with E-state index in [1.54, 1.807) is 109 Å². The number of likely N-dealkylation sites (N-methyl/N-ethyl adjacent to an activating group) is 2. The van der Waals surface area contributed by atoms with Crippen molar-refractivity contribution >= 4 is 81.9 Å². The van der Waals surface area contributed by atoms with Crippen molar-refractivity contribution in [3.05, 3.63) is 102 Å². The van der Waals surface area contributed by atoms with Crippen LogP contribution in [0.15, 0.2) is 84.9 Å². The zero-order chi connectivity index (χ0) is 92.1. The number of nitrogens with one attached hydrogen (secondary N) is 9. The summed E-state index contributed by atoms with van der Waals surface area (Å²) in [6, 6.07) is 18.8. The fraction of sp³-hybridized carbons (Fsp3) is 0.652. The maximum atomic E-state index is 14.9. The number of hydrogen-bond donors (Lipinski definition) is 11. The van der Waals surface area contributed by atoms with Crippen LogP contribution in [0.3, 0.4) is 0 Å². The van der Waals surface area contributed by atoms with E-state index < -0.39 is 126 Å². The summed E-state index contributed by atoms with van der Waals surface area (Å²) in [4.78, 5) is 153. The standard InChI is InChI=1S/C89H143N15O21/c1-17-61(8)80(72(117-15)54-76(108)104-39-24-30-71(104)82(118-16)62(9)83(110)95-63(10)81(109)65-25-19-18-20-26-65)101(13)87(114)78(59(4)5)99-86(113)79(60(6)7)102(14)89(116)125-57-64-31-33-67(34-32-64)96-84(111)69(28-23-37-93-88(90)115)97-85(112)77(58(2)3)98-74(106)36-41-119-43-45-121-47-49-123-51-52-124-50-48-122-46-44-120-42-38-92-75(107)55-94-73(105)35-40-103-68(56-100(12)91-11)53-66-27-21-22-29-70(66)103/h18-22,25-27,29,31-34,53,58-63,69,71-72,77-82,91,109H,17,23-24,28,30,35-52,54-57H2,1-16H3,(H,92,107)(H,94,105)(H,95,110)(H,96,111)(H,97,112)(H,98,106)(H,99,113)(H3,90,93,115)/t61-,62-,63-,69+,71+,72-,77+,78+,79+,80+,81-,82-/m1/s1. The number of aromatic nitrogens is 1. The normalized spacial score (nSPS) is 15.5. The van der Waals surface area contributed by atoms with Crippen molar-refractivity contribution in [2.45, 2.75) is 201 Å². The number of aryl methyl sites for hydroxylation is 1. The number of nitrogens with zero attached hydrogens (tertiary/aromatic N) is 5. The number of amides is 12. The number of carbonyl (C=O) groups is 11. The monoisotopic (exact) mass is 1760 g/mol. The van der Waals surface area contributed by atoms with Crippen LogP contribution in [-0.4, -0.2) is 297 Å². The van der Waals surface area contributed by atoms with Crippen molar-refractivity contribution in [1.82, 2.24) is 66.9 Å². The molecule has 0 spiro atoms. The second-order valence-electron chi connectivity index (χ2n) is 32.5. The molecule has 5 rings (SSSR count). The van der Waals surface area contributed by atoms with Gasteiger partial charge in [-0.1, -0.05) is 129 Å². The fourth-order valence-corrected chi connectivity index (χ4v) is 14.8. The van der Waals surface area contributed by atoms with E-state index in [0.29, 0.717) is 109 Å². The van der Waals surface area contributed by atoms with Gasteiger partial charge in [-0.15, -0.1) is 0 Å². The van der Waals surface area contributed by atoms with Gasteiger partial charge in [-0.2, -0.15) is 0 Å². The van der Waals surface area contributed by atoms with Crippen LogP contribution in [0.25, 0.3) is 10.9 Å². The van der Waals surface area contributed by atoms with E-state index in [1.807, 2.05) is 75.4 Å². The zero-order valence-electron chi connectivity index (χ0n) is 76.3. The average Bonchev–Trinajstić information content (AvgIpc) is 1.70. The Bertz CT molecular complexity index is 3940. The Labute approximate surface area is 737 Å². The molecule has 0 radical (unpaired) electrons. The van der Waals surface area contributed by atoms with Crippen LogP contribution in [-0.2, 0) is 105 Å². The lowest BCUT2D eigenvalue weighted by atomic mass is 9.89. The molecule has 0 aliphatic carbocycles. The van der Waals surface area contributed by atoms with Crippen molar-refractivity contribution in [3.63, 3.8) is 0 Å². The van der Waals surface area contributed by atoms with E-state index in [9.17, 15) is 57.8 Å². The van der Waals surface area contributed by atoms with Gasteiger partial charge in [0.05, 0.1) is 141 Å². The van der Waals surface area contributed by atoms with Crippen LogP contribution in [0.2, 0.25) is 0 Å². The van der Waals surface area contributed by atoms with E-state index in [4.69, 9.17) is 48.4 Å². The highest BCUT2D eigenvalue weighted by molar-refractivity contribution is 5.99. The summed E-state index contributed by atoms with van der Waals surface area (Å²) in [6.45, 7) is 23.1. The molecule has 700 valence electrons. The van der Waals surface area contributed by atoms with Gasteiger partial charge in [0.15, 0.2) is 0 Å². The number of likely N-dealkylation sites (tertiary alicyclic amines) is 1. The Hall–Kier alpha value is -9.47. The summed E-state index contributed by atoms with van der Waals surface area (Å²) in [7, 11) is 9.88. The number of primary amides is 1. The fourth-order valence-electron chi connectivity index (χ4n) is 14.8. The maximum Gasteiger partial charge on any atom is 0.410 e. The zero-order valence-corrected chi connectivity index (χ0v) is 76.3. The Morgan fingerprint density at radius 1 is 0.600 bits per heavy atom. The minimum absolute atomic E-state index is 0.0416. The highest BCUT2D eigenvalue weighted by Crippen LogP contribution is 2.31. The number of nitrogens with two attached hydrogens (primary N) is 1. The van der Waals surface area contributed by atoms with E-state index in [-0.39, 0.29) is 114 Å². The first-order valence-electron chi connectivity index (χ1n) is 43.6. The van der Waals surface area contributed by atoms with E-state index in [0.717, 1.165) is 16.6 Å². The van der Waals surface area contributed by atoms with Gasteiger partial charge in [-0.25, -0.2) is 14.6 Å². The first-order chi connectivity index (χ1) is 59.8. The third kappa shape index (κ3) is 36.4. The van der Waals surface area contributed by atoms with Crippen LogP contribution in [0.1, 0.15) is 144 Å². The summed E-state index contributed by atoms with van der Waals surface area (Å²) in [6.07, 6.45) is -0.991. The van der Waals surface area contributed by atoms with Gasteiger partial charge in [-0.05, 0) is 104 Å². The van der Waals surface area contributed by atoms with Gasteiger partial charge in [0.25, 0.3) is 0 Å². The lowest BCUT2D eigenvalue weighted by Crippen LogP contribution is -2.60. The van der Waals surface area contributed by atoms with Gasteiger partial charge in [0.2, 0.25) is 53.2 Å². The average molecular weight is 1760 g/mol. The largest absolute Gasteiger partial charge is 0.445 e. The number of carbonyl (C=O) groups excluding carboxylic acids is 11. The second kappa shape index (κ2) is 57.3. The van der Waals surface area contributed by atoms with E-state index in [2.05, 4.69) is 58.6 Å². The number of aliphatic hydroxyl groups is 1. The van der Waals surface area contributed by atoms with Crippen molar-refractivity contribution in [3.8, 4) is 0 Å². The molecule has 1 aliphatic rings. The Kier molecular flexibility index (Phi) is 48.6. The molecule has 12 N–H and O–H groups in total. The number of fused-ring (bicyclic) bond motifs is 1. The minimum atomic E-state index is -1.13. The van der Waals surface area contributed by atoms with Gasteiger partial charge < -0.3 is 110 Å². The summed E-state index contributed by atoms with van der Waals surface area (Å²) in [5.74, 6) is -5.97. The van der Waals surface area contributed by atoms with Gasteiger partial charge in [0, 0.05) is 91.3 Å². The smallest absolute Gasteiger partial charge is 0.410 e. The van der Waals surface area contributed by atoms with Crippen LogP contribution in [0.4, 0.5) is 15.3 Å². The molecule has 1 fully saturated rings. The topological polar surface area (TPSA) is 443 Å². The number of ether oxygens (including phenoxy) is 9. The molecule has 2 heterocycles. The van der Waals surface area contributed by atoms with Crippen LogP contribution in [0.5, 0.6) is 0 Å². The number of para-hydroxylation sites is 1. The minimum Gasteiger partial charge on any atom is -0.445 e. The molecule has 0 bridgehead atoms. The Morgan fingerprint density at radius 3 is 1.78 bits per heavy atom. The van der Waals surface area contributed by atoms with Crippen molar-refractivity contribution in [2.24, 2.45) is 35.3 Å². The lowest BCUT2D eigenvalue weighted by Gasteiger charge is -2.41. The third-order valence-corrected chi connectivity index (χ3v) is 22.1. The summed E-state index contributed by atoms with van der Waals surface area (Å²) in [5.41, 5.74) is 12.0. The van der Waals surface area contributed by atoms with Crippen LogP contribution in [0, 0.1) is 29.6 Å². The second-order valence-corrected chi connectivity index (χ2v) is 32.5. The van der Waals surface area contributed by atoms with Crippen molar-refractivity contribution in [2.75, 3.05) is 153 Å². The predicted molar refractivity (Wildman–Crippen MR) is 472 cm³/mol. The first-order valence-corrected chi connectivity index (χ1v) is 43.6. The summed E-state index contributed by atoms with van der Waals surface area (Å²) < 4.78 is 53.3. The first kappa shape index (κ1) is 106. The molecule has 1 saturated heterocycles. The Morgan fingerprint density at radius 2 is 1.20 bits per heavy atom. The van der Waals surface area contributed by atoms with E-state index >= 15 is 0 Å². The lowest BCUT2D eigenvalue weighted by molar-refractivity contribution is -0.148. The van der Waals surface area contributed by atoms with Crippen molar-refractivity contribution < 1.29 is 100 Å². The molecule has 12 atom stereocenters. The van der Waals surface area contributed by atoms with Crippen molar-refractivity contribution in [1.29, 1.82) is 0 Å². The van der Waals surface area contributed by atoms with Crippen LogP contribution >= 0.6 is 0 Å².